The predicted octanol–water partition coefficient (Wildman–Crippen LogP) is 5.05. The fourth-order valence-corrected chi connectivity index (χ4v) is 2.50. The van der Waals surface area contributed by atoms with Crippen molar-refractivity contribution in [3.63, 3.8) is 0 Å². The third-order valence-corrected chi connectivity index (χ3v) is 5.14. The van der Waals surface area contributed by atoms with Crippen LogP contribution < -0.4 is 5.46 Å². The first-order valence-corrected chi connectivity index (χ1v) is 9.04. The standard InChI is InChI=1S/C13H19BO2.C7H7Br/c1-10-6-8-11(9-7-10)14-15-12(2,3)13(4,5)16-14;1-6-2-4-7(8)5-3-6/h6-9H,1-5H3;2-5H,1H3. The van der Waals surface area contributed by atoms with Crippen molar-refractivity contribution in [1.82, 2.24) is 0 Å². The van der Waals surface area contributed by atoms with E-state index in [-0.39, 0.29) is 18.3 Å². The number of hydrogen-bond acceptors (Lipinski definition) is 2. The summed E-state index contributed by atoms with van der Waals surface area (Å²) in [7, 11) is -0.245. The normalized spacial score (nSPS) is 18.0. The maximum absolute atomic E-state index is 5.97. The molecule has 0 spiro atoms. The van der Waals surface area contributed by atoms with Gasteiger partial charge in [-0.05, 0) is 59.1 Å². The minimum absolute atomic E-state index is 0.245. The molecule has 0 aromatic heterocycles. The highest BCUT2D eigenvalue weighted by molar-refractivity contribution is 9.10. The highest BCUT2D eigenvalue weighted by atomic mass is 79.9. The highest BCUT2D eigenvalue weighted by Gasteiger charge is 2.51. The Morgan fingerprint density at radius 1 is 0.708 bits per heavy atom. The zero-order valence-corrected chi connectivity index (χ0v) is 17.0. The second-order valence-electron chi connectivity index (χ2n) is 7.29. The van der Waals surface area contributed by atoms with E-state index in [4.69, 9.17) is 9.31 Å². The zero-order valence-electron chi connectivity index (χ0n) is 15.4. The summed E-state index contributed by atoms with van der Waals surface area (Å²) in [5.41, 5.74) is 3.11. The van der Waals surface area contributed by atoms with E-state index in [0.29, 0.717) is 0 Å². The Morgan fingerprint density at radius 3 is 1.46 bits per heavy atom. The van der Waals surface area contributed by atoms with Crippen molar-refractivity contribution in [2.24, 2.45) is 0 Å². The van der Waals surface area contributed by atoms with E-state index in [1.165, 1.54) is 11.1 Å². The molecule has 0 amide bonds. The highest BCUT2D eigenvalue weighted by Crippen LogP contribution is 2.36. The summed E-state index contributed by atoms with van der Waals surface area (Å²) in [5, 5.41) is 0. The van der Waals surface area contributed by atoms with Gasteiger partial charge >= 0.3 is 7.12 Å². The van der Waals surface area contributed by atoms with Gasteiger partial charge in [0.1, 0.15) is 0 Å². The summed E-state index contributed by atoms with van der Waals surface area (Å²) >= 11 is 3.35. The summed E-state index contributed by atoms with van der Waals surface area (Å²) in [4.78, 5) is 0. The monoisotopic (exact) mass is 388 g/mol. The Kier molecular flexibility index (Phi) is 5.95. The molecule has 3 rings (SSSR count). The predicted molar refractivity (Wildman–Crippen MR) is 106 cm³/mol. The summed E-state index contributed by atoms with van der Waals surface area (Å²) in [6, 6.07) is 16.5. The molecule has 1 aliphatic heterocycles. The summed E-state index contributed by atoms with van der Waals surface area (Å²) in [5.74, 6) is 0. The molecule has 0 N–H and O–H groups in total. The van der Waals surface area contributed by atoms with Crippen LogP contribution in [0.5, 0.6) is 0 Å². The van der Waals surface area contributed by atoms with Crippen LogP contribution in [0.2, 0.25) is 0 Å². The average molecular weight is 389 g/mol. The second kappa shape index (κ2) is 7.43. The molecule has 1 heterocycles. The van der Waals surface area contributed by atoms with Crippen LogP contribution in [0.1, 0.15) is 38.8 Å². The Labute approximate surface area is 154 Å². The van der Waals surface area contributed by atoms with Gasteiger partial charge in [-0.25, -0.2) is 0 Å². The van der Waals surface area contributed by atoms with Gasteiger partial charge in [0, 0.05) is 4.47 Å². The van der Waals surface area contributed by atoms with Crippen molar-refractivity contribution in [3.05, 3.63) is 64.1 Å². The molecule has 1 aliphatic rings. The van der Waals surface area contributed by atoms with E-state index in [2.05, 4.69) is 93.9 Å². The summed E-state index contributed by atoms with van der Waals surface area (Å²) < 4.78 is 13.1. The molecule has 0 unspecified atom stereocenters. The first-order valence-electron chi connectivity index (χ1n) is 8.25. The van der Waals surface area contributed by atoms with Gasteiger partial charge in [0.2, 0.25) is 0 Å². The van der Waals surface area contributed by atoms with E-state index in [9.17, 15) is 0 Å². The van der Waals surface area contributed by atoms with Crippen LogP contribution in [-0.4, -0.2) is 18.3 Å². The van der Waals surface area contributed by atoms with Crippen molar-refractivity contribution < 1.29 is 9.31 Å². The van der Waals surface area contributed by atoms with Crippen molar-refractivity contribution in [2.75, 3.05) is 0 Å². The van der Waals surface area contributed by atoms with Gasteiger partial charge in [-0.15, -0.1) is 0 Å². The number of halogens is 1. The van der Waals surface area contributed by atoms with Crippen LogP contribution in [0.25, 0.3) is 0 Å². The molecule has 24 heavy (non-hydrogen) atoms. The molecule has 0 bridgehead atoms. The molecule has 0 radical (unpaired) electrons. The number of hydrogen-bond donors (Lipinski definition) is 0. The van der Waals surface area contributed by atoms with E-state index >= 15 is 0 Å². The molecule has 1 fully saturated rings. The quantitative estimate of drug-likeness (QED) is 0.636. The van der Waals surface area contributed by atoms with E-state index in [0.717, 1.165) is 9.94 Å². The van der Waals surface area contributed by atoms with Crippen LogP contribution in [0.15, 0.2) is 53.0 Å². The lowest BCUT2D eigenvalue weighted by Crippen LogP contribution is -2.41. The maximum Gasteiger partial charge on any atom is 0.494 e. The molecule has 2 aromatic rings. The third-order valence-electron chi connectivity index (χ3n) is 4.61. The van der Waals surface area contributed by atoms with E-state index in [1.54, 1.807) is 0 Å². The largest absolute Gasteiger partial charge is 0.494 e. The Balaban J connectivity index is 0.000000219. The van der Waals surface area contributed by atoms with Gasteiger partial charge in [0.15, 0.2) is 0 Å². The lowest BCUT2D eigenvalue weighted by atomic mass is 9.79. The van der Waals surface area contributed by atoms with Gasteiger partial charge < -0.3 is 9.31 Å². The Hall–Kier alpha value is -1.10. The smallest absolute Gasteiger partial charge is 0.399 e. The average Bonchev–Trinajstić information content (AvgIpc) is 2.72. The van der Waals surface area contributed by atoms with Crippen molar-refractivity contribution in [2.45, 2.75) is 52.7 Å². The van der Waals surface area contributed by atoms with Crippen molar-refractivity contribution >= 4 is 28.5 Å². The lowest BCUT2D eigenvalue weighted by molar-refractivity contribution is 0.00578. The van der Waals surface area contributed by atoms with E-state index < -0.39 is 0 Å². The van der Waals surface area contributed by atoms with Gasteiger partial charge in [-0.3, -0.25) is 0 Å². The maximum atomic E-state index is 5.97. The number of benzene rings is 2. The molecule has 2 nitrogen and oxygen atoms in total. The van der Waals surface area contributed by atoms with Gasteiger partial charge in [0.05, 0.1) is 11.2 Å². The van der Waals surface area contributed by atoms with Crippen LogP contribution in [0.4, 0.5) is 0 Å². The molecule has 0 aliphatic carbocycles. The molecule has 1 saturated heterocycles. The molecular weight excluding hydrogens is 363 g/mol. The first-order chi connectivity index (χ1) is 11.1. The SMILES string of the molecule is Cc1ccc(B2OC(C)(C)C(C)(C)O2)cc1.Cc1ccc(Br)cc1. The minimum atomic E-state index is -0.261. The van der Waals surface area contributed by atoms with E-state index in [1.807, 2.05) is 12.1 Å². The third kappa shape index (κ3) is 4.72. The van der Waals surface area contributed by atoms with Crippen molar-refractivity contribution in [3.8, 4) is 0 Å². The first kappa shape index (κ1) is 19.2. The topological polar surface area (TPSA) is 18.5 Å². The fourth-order valence-electron chi connectivity index (χ4n) is 2.24. The molecule has 4 heteroatoms. The van der Waals surface area contributed by atoms with Crippen LogP contribution in [0, 0.1) is 13.8 Å². The Morgan fingerprint density at radius 2 is 1.08 bits per heavy atom. The molecular formula is C20H26BBrO2. The van der Waals surface area contributed by atoms with Gasteiger partial charge in [-0.2, -0.15) is 0 Å². The lowest BCUT2D eigenvalue weighted by Gasteiger charge is -2.32. The molecule has 2 aromatic carbocycles. The van der Waals surface area contributed by atoms with Crippen LogP contribution in [-0.2, 0) is 9.31 Å². The molecule has 0 atom stereocenters. The zero-order chi connectivity index (χ0) is 18.0. The van der Waals surface area contributed by atoms with Crippen LogP contribution >= 0.6 is 15.9 Å². The summed E-state index contributed by atoms with van der Waals surface area (Å²) in [6.45, 7) is 12.4. The number of aryl methyl sites for hydroxylation is 2. The minimum Gasteiger partial charge on any atom is -0.399 e. The van der Waals surface area contributed by atoms with Gasteiger partial charge in [0.25, 0.3) is 0 Å². The number of rotatable bonds is 1. The van der Waals surface area contributed by atoms with Crippen LogP contribution in [0.3, 0.4) is 0 Å². The fraction of sp³-hybridized carbons (Fsp3) is 0.400. The second-order valence-corrected chi connectivity index (χ2v) is 8.21. The summed E-state index contributed by atoms with van der Waals surface area (Å²) in [6.07, 6.45) is 0. The van der Waals surface area contributed by atoms with Crippen molar-refractivity contribution in [1.29, 1.82) is 0 Å². The Bertz CT molecular complexity index is 626. The molecule has 128 valence electrons. The van der Waals surface area contributed by atoms with Gasteiger partial charge in [-0.1, -0.05) is 63.5 Å². The molecule has 0 saturated carbocycles.